The molecule has 0 spiro atoms. The molecule has 0 aliphatic heterocycles. The van der Waals surface area contributed by atoms with Crippen molar-refractivity contribution in [1.82, 2.24) is 4.90 Å². The van der Waals surface area contributed by atoms with Gasteiger partial charge in [-0.25, -0.2) is 0 Å². The largest absolute Gasteiger partial charge is 0.494 e. The monoisotopic (exact) mass is 279 g/mol. The smallest absolute Gasteiger partial charge is 0.305 e. The van der Waals surface area contributed by atoms with Crippen LogP contribution in [0.1, 0.15) is 24.8 Å². The number of carboxylic acids is 1. The lowest BCUT2D eigenvalue weighted by atomic mass is 10.2. The van der Waals surface area contributed by atoms with Crippen LogP contribution < -0.4 is 4.74 Å². The van der Waals surface area contributed by atoms with Crippen LogP contribution in [0.15, 0.2) is 24.3 Å². The average molecular weight is 279 g/mol. The topological polar surface area (TPSA) is 66.8 Å². The maximum absolute atomic E-state index is 11.7. The third-order valence-corrected chi connectivity index (χ3v) is 2.91. The van der Waals surface area contributed by atoms with Crippen molar-refractivity contribution in [2.24, 2.45) is 0 Å². The quantitative estimate of drug-likeness (QED) is 0.740. The number of aryl methyl sites for hydroxylation is 1. The van der Waals surface area contributed by atoms with E-state index in [-0.39, 0.29) is 18.9 Å². The van der Waals surface area contributed by atoms with Gasteiger partial charge < -0.3 is 14.7 Å². The maximum atomic E-state index is 11.7. The molecule has 110 valence electrons. The van der Waals surface area contributed by atoms with Crippen molar-refractivity contribution in [1.29, 1.82) is 0 Å². The van der Waals surface area contributed by atoms with Gasteiger partial charge in [-0.1, -0.05) is 17.7 Å². The Balaban J connectivity index is 2.18. The molecule has 0 unspecified atom stereocenters. The highest BCUT2D eigenvalue weighted by molar-refractivity contribution is 5.76. The predicted octanol–water partition coefficient (Wildman–Crippen LogP) is 2.09. The highest BCUT2D eigenvalue weighted by Gasteiger charge is 2.09. The summed E-state index contributed by atoms with van der Waals surface area (Å²) in [6, 6.07) is 7.74. The van der Waals surface area contributed by atoms with E-state index in [2.05, 4.69) is 0 Å². The van der Waals surface area contributed by atoms with E-state index in [1.807, 2.05) is 31.2 Å². The second kappa shape index (κ2) is 8.19. The molecule has 0 aliphatic rings. The Morgan fingerprint density at radius 1 is 1.20 bits per heavy atom. The first kappa shape index (κ1) is 16.0. The number of carbonyl (C=O) groups is 2. The van der Waals surface area contributed by atoms with E-state index in [0.29, 0.717) is 19.4 Å². The third kappa shape index (κ3) is 6.22. The second-order valence-electron chi connectivity index (χ2n) is 4.72. The number of rotatable bonds is 8. The van der Waals surface area contributed by atoms with Crippen LogP contribution in [0, 0.1) is 6.92 Å². The summed E-state index contributed by atoms with van der Waals surface area (Å²) < 4.78 is 5.52. The second-order valence-corrected chi connectivity index (χ2v) is 4.72. The minimum Gasteiger partial charge on any atom is -0.494 e. The van der Waals surface area contributed by atoms with Gasteiger partial charge in [0.15, 0.2) is 0 Å². The zero-order chi connectivity index (χ0) is 15.0. The lowest BCUT2D eigenvalue weighted by Gasteiger charge is -2.15. The fourth-order valence-electron chi connectivity index (χ4n) is 1.63. The van der Waals surface area contributed by atoms with Gasteiger partial charge in [0.25, 0.3) is 0 Å². The summed E-state index contributed by atoms with van der Waals surface area (Å²) in [7, 11) is 1.62. The van der Waals surface area contributed by atoms with Crippen molar-refractivity contribution in [3.8, 4) is 5.75 Å². The molecule has 1 amide bonds. The molecule has 0 aliphatic carbocycles. The highest BCUT2D eigenvalue weighted by Crippen LogP contribution is 2.11. The van der Waals surface area contributed by atoms with Gasteiger partial charge in [0.2, 0.25) is 5.91 Å². The molecule has 0 heterocycles. The standard InChI is InChI=1S/C15H21NO4/c1-12-5-7-13(8-6-12)20-11-3-4-14(17)16(2)10-9-15(18)19/h5-8H,3-4,9-11H2,1-2H3,(H,18,19). The van der Waals surface area contributed by atoms with Crippen LogP contribution in [0.4, 0.5) is 0 Å². The number of hydrogen-bond donors (Lipinski definition) is 1. The van der Waals surface area contributed by atoms with Crippen molar-refractivity contribution in [2.45, 2.75) is 26.2 Å². The van der Waals surface area contributed by atoms with Crippen molar-refractivity contribution < 1.29 is 19.4 Å². The Hall–Kier alpha value is -2.04. The molecule has 0 saturated carbocycles. The third-order valence-electron chi connectivity index (χ3n) is 2.91. The molecule has 5 nitrogen and oxygen atoms in total. The molecule has 0 bridgehead atoms. The summed E-state index contributed by atoms with van der Waals surface area (Å²) in [4.78, 5) is 23.5. The summed E-state index contributed by atoms with van der Waals surface area (Å²) in [5.74, 6) is -0.159. The van der Waals surface area contributed by atoms with Crippen LogP contribution in [0.3, 0.4) is 0 Å². The van der Waals surface area contributed by atoms with Crippen molar-refractivity contribution >= 4 is 11.9 Å². The Labute approximate surface area is 119 Å². The first-order chi connectivity index (χ1) is 9.49. The van der Waals surface area contributed by atoms with Gasteiger partial charge in [-0.3, -0.25) is 9.59 Å². The maximum Gasteiger partial charge on any atom is 0.305 e. The molecular weight excluding hydrogens is 258 g/mol. The molecule has 1 aromatic rings. The van der Waals surface area contributed by atoms with Gasteiger partial charge in [-0.05, 0) is 25.5 Å². The molecule has 1 aromatic carbocycles. The zero-order valence-corrected chi connectivity index (χ0v) is 12.0. The zero-order valence-electron chi connectivity index (χ0n) is 12.0. The number of aliphatic carboxylic acids is 1. The van der Waals surface area contributed by atoms with Crippen molar-refractivity contribution in [3.05, 3.63) is 29.8 Å². The van der Waals surface area contributed by atoms with E-state index in [1.54, 1.807) is 7.05 Å². The first-order valence-electron chi connectivity index (χ1n) is 6.64. The summed E-state index contributed by atoms with van der Waals surface area (Å²) >= 11 is 0. The number of carbonyl (C=O) groups excluding carboxylic acids is 1. The normalized spacial score (nSPS) is 10.1. The Morgan fingerprint density at radius 2 is 1.85 bits per heavy atom. The molecule has 0 saturated heterocycles. The summed E-state index contributed by atoms with van der Waals surface area (Å²) in [6.45, 7) is 2.73. The lowest BCUT2D eigenvalue weighted by molar-refractivity contribution is -0.138. The fourth-order valence-corrected chi connectivity index (χ4v) is 1.63. The molecule has 0 atom stereocenters. The molecule has 1 N–H and O–H groups in total. The van der Waals surface area contributed by atoms with E-state index >= 15 is 0 Å². The van der Waals surface area contributed by atoms with Gasteiger partial charge in [-0.15, -0.1) is 0 Å². The van der Waals surface area contributed by atoms with Gasteiger partial charge in [0.1, 0.15) is 5.75 Å². The first-order valence-corrected chi connectivity index (χ1v) is 6.64. The number of ether oxygens (including phenoxy) is 1. The van der Waals surface area contributed by atoms with Crippen molar-refractivity contribution in [2.75, 3.05) is 20.2 Å². The molecule has 1 rings (SSSR count). The number of carboxylic acid groups (broad SMARTS) is 1. The molecule has 20 heavy (non-hydrogen) atoms. The van der Waals surface area contributed by atoms with Crippen LogP contribution in [0.5, 0.6) is 5.75 Å². The van der Waals surface area contributed by atoms with Crippen LogP contribution in [-0.2, 0) is 9.59 Å². The number of benzene rings is 1. The fraction of sp³-hybridized carbons (Fsp3) is 0.467. The van der Waals surface area contributed by atoms with Gasteiger partial charge in [-0.2, -0.15) is 0 Å². The number of nitrogens with zero attached hydrogens (tertiary/aromatic N) is 1. The number of hydrogen-bond acceptors (Lipinski definition) is 3. The van der Waals surface area contributed by atoms with E-state index in [4.69, 9.17) is 9.84 Å². The average Bonchev–Trinajstić information content (AvgIpc) is 2.42. The van der Waals surface area contributed by atoms with Crippen LogP contribution in [-0.4, -0.2) is 42.1 Å². The minimum absolute atomic E-state index is 0.0257. The molecule has 0 radical (unpaired) electrons. The van der Waals surface area contributed by atoms with Crippen molar-refractivity contribution in [3.63, 3.8) is 0 Å². The summed E-state index contributed by atoms with van der Waals surface area (Å²) in [6.07, 6.45) is 0.953. The van der Waals surface area contributed by atoms with Crippen LogP contribution in [0.2, 0.25) is 0 Å². The van der Waals surface area contributed by atoms with Gasteiger partial charge >= 0.3 is 5.97 Å². The van der Waals surface area contributed by atoms with Crippen LogP contribution in [0.25, 0.3) is 0 Å². The van der Waals surface area contributed by atoms with Gasteiger partial charge in [0.05, 0.1) is 13.0 Å². The van der Waals surface area contributed by atoms with E-state index in [9.17, 15) is 9.59 Å². The molecule has 5 heteroatoms. The van der Waals surface area contributed by atoms with E-state index < -0.39 is 5.97 Å². The highest BCUT2D eigenvalue weighted by atomic mass is 16.5. The minimum atomic E-state index is -0.896. The Morgan fingerprint density at radius 3 is 2.45 bits per heavy atom. The molecular formula is C15H21NO4. The molecule has 0 fully saturated rings. The van der Waals surface area contributed by atoms with E-state index in [0.717, 1.165) is 5.75 Å². The number of amides is 1. The molecule has 0 aromatic heterocycles. The predicted molar refractivity (Wildman–Crippen MR) is 75.8 cm³/mol. The van der Waals surface area contributed by atoms with Crippen LogP contribution >= 0.6 is 0 Å². The van der Waals surface area contributed by atoms with Gasteiger partial charge in [0, 0.05) is 20.0 Å². The Kier molecular flexibility index (Phi) is 6.56. The summed E-state index contributed by atoms with van der Waals surface area (Å²) in [5, 5.41) is 8.55. The SMILES string of the molecule is Cc1ccc(OCCCC(=O)N(C)CCC(=O)O)cc1. The van der Waals surface area contributed by atoms with E-state index in [1.165, 1.54) is 10.5 Å². The lowest BCUT2D eigenvalue weighted by Crippen LogP contribution is -2.29. The Bertz CT molecular complexity index is 442. The summed E-state index contributed by atoms with van der Waals surface area (Å²) in [5.41, 5.74) is 1.17.